The number of aliphatic imine (C=N–C) groups is 1. The third kappa shape index (κ3) is 6.51. The van der Waals surface area contributed by atoms with E-state index in [2.05, 4.69) is 20.5 Å². The predicted molar refractivity (Wildman–Crippen MR) is 111 cm³/mol. The van der Waals surface area contributed by atoms with E-state index < -0.39 is 0 Å². The maximum Gasteiger partial charge on any atom is 0.191 e. The lowest BCUT2D eigenvalue weighted by Crippen LogP contribution is -2.46. The van der Waals surface area contributed by atoms with Gasteiger partial charge in [0.15, 0.2) is 5.96 Å². The third-order valence-corrected chi connectivity index (χ3v) is 4.84. The summed E-state index contributed by atoms with van der Waals surface area (Å²) in [6.07, 6.45) is 0. The molecule has 1 saturated heterocycles. The van der Waals surface area contributed by atoms with Crippen LogP contribution in [0.2, 0.25) is 0 Å². The van der Waals surface area contributed by atoms with Crippen LogP contribution in [0.3, 0.4) is 0 Å². The molecule has 29 heavy (non-hydrogen) atoms. The first-order valence-electron chi connectivity index (χ1n) is 9.99. The first-order valence-corrected chi connectivity index (χ1v) is 9.99. The summed E-state index contributed by atoms with van der Waals surface area (Å²) in [6, 6.07) is 13.1. The molecule has 1 aliphatic heterocycles. The van der Waals surface area contributed by atoms with E-state index in [1.807, 2.05) is 19.1 Å². The molecule has 1 aliphatic rings. The quantitative estimate of drug-likeness (QED) is 0.552. The van der Waals surface area contributed by atoms with E-state index in [1.54, 1.807) is 18.2 Å². The largest absolute Gasteiger partial charge is 0.379 e. The molecule has 2 N–H and O–H groups in total. The molecule has 0 bridgehead atoms. The van der Waals surface area contributed by atoms with E-state index in [4.69, 9.17) is 4.74 Å². The number of hydrogen-bond donors (Lipinski definition) is 2. The second kappa shape index (κ2) is 10.9. The van der Waals surface area contributed by atoms with Gasteiger partial charge >= 0.3 is 0 Å². The highest BCUT2D eigenvalue weighted by molar-refractivity contribution is 5.79. The Hall–Kier alpha value is -2.51. The summed E-state index contributed by atoms with van der Waals surface area (Å²) in [7, 11) is 0. The van der Waals surface area contributed by atoms with Crippen LogP contribution in [0.4, 0.5) is 8.78 Å². The molecule has 1 fully saturated rings. The van der Waals surface area contributed by atoms with Crippen molar-refractivity contribution in [2.24, 2.45) is 4.99 Å². The minimum Gasteiger partial charge on any atom is -0.379 e. The van der Waals surface area contributed by atoms with Crippen LogP contribution in [0.25, 0.3) is 0 Å². The highest BCUT2D eigenvalue weighted by atomic mass is 19.1. The molecule has 5 nitrogen and oxygen atoms in total. The summed E-state index contributed by atoms with van der Waals surface area (Å²) in [5, 5.41) is 6.58. The van der Waals surface area contributed by atoms with E-state index in [0.717, 1.165) is 24.2 Å². The molecule has 2 aromatic rings. The molecule has 2 aromatic carbocycles. The zero-order valence-corrected chi connectivity index (χ0v) is 16.7. The average Bonchev–Trinajstić information content (AvgIpc) is 2.73. The van der Waals surface area contributed by atoms with Crippen LogP contribution in [0, 0.1) is 11.6 Å². The fraction of sp³-hybridized carbons (Fsp3) is 0.409. The van der Waals surface area contributed by atoms with Crippen molar-refractivity contribution in [2.75, 3.05) is 39.4 Å². The minimum atomic E-state index is -0.269. The molecule has 1 atom stereocenters. The van der Waals surface area contributed by atoms with Gasteiger partial charge in [0.25, 0.3) is 0 Å². The standard InChI is InChI=1S/C22H28F2N4O/c1-2-25-22(26-15-17-5-3-7-19(23)13-17)27-16-21(28-9-11-29-12-10-28)18-6-4-8-20(24)14-18/h3-8,13-14,21H,2,9-12,15-16H2,1H3,(H2,25,26,27). The molecule has 7 heteroatoms. The fourth-order valence-corrected chi connectivity index (χ4v) is 3.40. The lowest BCUT2D eigenvalue weighted by molar-refractivity contribution is 0.0169. The molecule has 0 aliphatic carbocycles. The Morgan fingerprint density at radius 3 is 2.48 bits per heavy atom. The van der Waals surface area contributed by atoms with Gasteiger partial charge in [0.05, 0.1) is 25.8 Å². The van der Waals surface area contributed by atoms with Crippen molar-refractivity contribution in [1.82, 2.24) is 15.5 Å². The van der Waals surface area contributed by atoms with Gasteiger partial charge in [-0.15, -0.1) is 0 Å². The lowest BCUT2D eigenvalue weighted by atomic mass is 10.0. The summed E-state index contributed by atoms with van der Waals surface area (Å²) < 4.78 is 32.7. The number of ether oxygens (including phenoxy) is 1. The number of benzene rings is 2. The Morgan fingerprint density at radius 2 is 1.79 bits per heavy atom. The van der Waals surface area contributed by atoms with Crippen molar-refractivity contribution in [1.29, 1.82) is 0 Å². The first-order chi connectivity index (χ1) is 14.2. The van der Waals surface area contributed by atoms with Gasteiger partial charge in [0, 0.05) is 26.2 Å². The monoisotopic (exact) mass is 402 g/mol. The summed E-state index contributed by atoms with van der Waals surface area (Å²) in [5.41, 5.74) is 1.72. The van der Waals surface area contributed by atoms with Crippen molar-refractivity contribution >= 4 is 5.96 Å². The summed E-state index contributed by atoms with van der Waals surface area (Å²) >= 11 is 0. The number of nitrogens with zero attached hydrogens (tertiary/aromatic N) is 2. The molecule has 1 heterocycles. The highest BCUT2D eigenvalue weighted by Crippen LogP contribution is 2.22. The molecule has 156 valence electrons. The molecule has 0 saturated carbocycles. The van der Waals surface area contributed by atoms with E-state index in [0.29, 0.717) is 38.8 Å². The average molecular weight is 402 g/mol. The Bertz CT molecular complexity index is 809. The van der Waals surface area contributed by atoms with Crippen LogP contribution in [-0.2, 0) is 11.3 Å². The Morgan fingerprint density at radius 1 is 1.07 bits per heavy atom. The first kappa shape index (κ1) is 21.2. The summed E-state index contributed by atoms with van der Waals surface area (Å²) in [4.78, 5) is 6.86. The molecule has 0 amide bonds. The predicted octanol–water partition coefficient (Wildman–Crippen LogP) is 3.09. The van der Waals surface area contributed by atoms with Gasteiger partial charge in [-0.05, 0) is 42.3 Å². The second-order valence-corrected chi connectivity index (χ2v) is 6.93. The number of morpholine rings is 1. The van der Waals surface area contributed by atoms with Crippen LogP contribution in [0.5, 0.6) is 0 Å². The van der Waals surface area contributed by atoms with Crippen molar-refractivity contribution in [2.45, 2.75) is 19.5 Å². The number of guanidine groups is 1. The van der Waals surface area contributed by atoms with Crippen LogP contribution >= 0.6 is 0 Å². The lowest BCUT2D eigenvalue weighted by Gasteiger charge is -2.35. The fourth-order valence-electron chi connectivity index (χ4n) is 3.40. The smallest absolute Gasteiger partial charge is 0.191 e. The minimum absolute atomic E-state index is 0.00683. The molecule has 0 spiro atoms. The maximum absolute atomic E-state index is 13.8. The molecule has 1 unspecified atom stereocenters. The van der Waals surface area contributed by atoms with Gasteiger partial charge in [-0.1, -0.05) is 24.3 Å². The normalized spacial score (nSPS) is 16.4. The van der Waals surface area contributed by atoms with Crippen LogP contribution in [-0.4, -0.2) is 50.3 Å². The molecule has 0 radical (unpaired) electrons. The van der Waals surface area contributed by atoms with Crippen LogP contribution in [0.15, 0.2) is 53.5 Å². The van der Waals surface area contributed by atoms with Crippen molar-refractivity contribution in [3.05, 3.63) is 71.3 Å². The zero-order valence-electron chi connectivity index (χ0n) is 16.7. The second-order valence-electron chi connectivity index (χ2n) is 6.93. The van der Waals surface area contributed by atoms with Gasteiger partial charge in [-0.3, -0.25) is 4.90 Å². The summed E-state index contributed by atoms with van der Waals surface area (Å²) in [5.74, 6) is 0.132. The summed E-state index contributed by atoms with van der Waals surface area (Å²) in [6.45, 7) is 6.55. The van der Waals surface area contributed by atoms with Gasteiger partial charge < -0.3 is 15.4 Å². The highest BCUT2D eigenvalue weighted by Gasteiger charge is 2.23. The van der Waals surface area contributed by atoms with Gasteiger partial charge in [0.2, 0.25) is 0 Å². The Balaban J connectivity index is 1.71. The number of halogens is 2. The molecular formula is C22H28F2N4O. The molecular weight excluding hydrogens is 374 g/mol. The Kier molecular flexibility index (Phi) is 7.95. The van der Waals surface area contributed by atoms with Gasteiger partial charge in [0.1, 0.15) is 11.6 Å². The van der Waals surface area contributed by atoms with Gasteiger partial charge in [-0.2, -0.15) is 0 Å². The third-order valence-electron chi connectivity index (χ3n) is 4.84. The SMILES string of the molecule is CCNC(=NCc1cccc(F)c1)NCC(c1cccc(F)c1)N1CCOCC1. The van der Waals surface area contributed by atoms with E-state index >= 15 is 0 Å². The number of hydrogen-bond acceptors (Lipinski definition) is 3. The van der Waals surface area contributed by atoms with Crippen molar-refractivity contribution in [3.63, 3.8) is 0 Å². The van der Waals surface area contributed by atoms with E-state index in [-0.39, 0.29) is 17.7 Å². The van der Waals surface area contributed by atoms with E-state index in [9.17, 15) is 8.78 Å². The van der Waals surface area contributed by atoms with Crippen molar-refractivity contribution < 1.29 is 13.5 Å². The van der Waals surface area contributed by atoms with Crippen molar-refractivity contribution in [3.8, 4) is 0 Å². The number of rotatable bonds is 7. The van der Waals surface area contributed by atoms with Gasteiger partial charge in [-0.25, -0.2) is 13.8 Å². The topological polar surface area (TPSA) is 48.9 Å². The Labute approximate surface area is 170 Å². The maximum atomic E-state index is 13.8. The molecule has 3 rings (SSSR count). The van der Waals surface area contributed by atoms with Crippen LogP contribution < -0.4 is 10.6 Å². The van der Waals surface area contributed by atoms with Crippen LogP contribution in [0.1, 0.15) is 24.1 Å². The number of nitrogens with one attached hydrogen (secondary N) is 2. The molecule has 0 aromatic heterocycles. The zero-order chi connectivity index (χ0) is 20.5. The van der Waals surface area contributed by atoms with E-state index in [1.165, 1.54) is 18.2 Å².